The second-order valence-electron chi connectivity index (χ2n) is 5.75. The standard InChI is InChI=1S/C19H16F2N2O3/c1-26-14-4-6-16-12(9-14)8-11(19(25)23-16)2-7-18(24)22-17-5-3-13(20)10-15(17)21/h3-6,8-10H,2,7H2,1H3,(H,22,24)(H,23,25). The molecule has 0 unspecified atom stereocenters. The summed E-state index contributed by atoms with van der Waals surface area (Å²) >= 11 is 0. The Morgan fingerprint density at radius 3 is 2.69 bits per heavy atom. The van der Waals surface area contributed by atoms with Crippen molar-refractivity contribution in [3.8, 4) is 5.75 Å². The summed E-state index contributed by atoms with van der Waals surface area (Å²) in [5.74, 6) is -1.40. The Labute approximate surface area is 147 Å². The molecule has 0 radical (unpaired) electrons. The number of halogens is 2. The number of H-pyrrole nitrogens is 1. The molecule has 0 aliphatic heterocycles. The van der Waals surface area contributed by atoms with Crippen molar-refractivity contribution < 1.29 is 18.3 Å². The van der Waals surface area contributed by atoms with E-state index in [2.05, 4.69) is 10.3 Å². The zero-order chi connectivity index (χ0) is 18.7. The number of aryl methyl sites for hydroxylation is 1. The fraction of sp³-hybridized carbons (Fsp3) is 0.158. The molecular weight excluding hydrogens is 342 g/mol. The average molecular weight is 358 g/mol. The molecule has 134 valence electrons. The van der Waals surface area contributed by atoms with Crippen molar-refractivity contribution in [1.82, 2.24) is 4.98 Å². The van der Waals surface area contributed by atoms with Crippen LogP contribution < -0.4 is 15.6 Å². The third-order valence-corrected chi connectivity index (χ3v) is 3.95. The van der Waals surface area contributed by atoms with Gasteiger partial charge in [-0.1, -0.05) is 0 Å². The molecule has 1 amide bonds. The minimum absolute atomic E-state index is 0.0185. The number of nitrogens with one attached hydrogen (secondary N) is 2. The van der Waals surface area contributed by atoms with Crippen LogP contribution in [0.15, 0.2) is 47.3 Å². The van der Waals surface area contributed by atoms with Crippen LogP contribution in [0.5, 0.6) is 5.75 Å². The first-order valence-electron chi connectivity index (χ1n) is 7.91. The van der Waals surface area contributed by atoms with E-state index in [0.717, 1.165) is 17.5 Å². The average Bonchev–Trinajstić information content (AvgIpc) is 2.62. The monoisotopic (exact) mass is 358 g/mol. The van der Waals surface area contributed by atoms with Crippen molar-refractivity contribution in [2.24, 2.45) is 0 Å². The van der Waals surface area contributed by atoms with E-state index in [1.54, 1.807) is 31.4 Å². The number of amides is 1. The molecule has 7 heteroatoms. The lowest BCUT2D eigenvalue weighted by Crippen LogP contribution is -2.17. The Balaban J connectivity index is 1.73. The molecule has 2 aromatic carbocycles. The van der Waals surface area contributed by atoms with Crippen LogP contribution in [0.1, 0.15) is 12.0 Å². The van der Waals surface area contributed by atoms with Gasteiger partial charge in [0.25, 0.3) is 5.56 Å². The third-order valence-electron chi connectivity index (χ3n) is 3.95. The van der Waals surface area contributed by atoms with Gasteiger partial charge in [-0.15, -0.1) is 0 Å². The highest BCUT2D eigenvalue weighted by Gasteiger charge is 2.10. The van der Waals surface area contributed by atoms with Crippen LogP contribution >= 0.6 is 0 Å². The van der Waals surface area contributed by atoms with Gasteiger partial charge < -0.3 is 15.0 Å². The summed E-state index contributed by atoms with van der Waals surface area (Å²) in [4.78, 5) is 26.9. The summed E-state index contributed by atoms with van der Waals surface area (Å²) in [6.07, 6.45) is 0.159. The lowest BCUT2D eigenvalue weighted by molar-refractivity contribution is -0.116. The van der Waals surface area contributed by atoms with Crippen molar-refractivity contribution in [2.75, 3.05) is 12.4 Å². The van der Waals surface area contributed by atoms with E-state index < -0.39 is 17.5 Å². The van der Waals surface area contributed by atoms with Crippen molar-refractivity contribution >= 4 is 22.5 Å². The number of benzene rings is 2. The Kier molecular flexibility index (Phi) is 4.97. The molecule has 3 rings (SSSR count). The number of methoxy groups -OCH3 is 1. The highest BCUT2D eigenvalue weighted by molar-refractivity contribution is 5.91. The van der Waals surface area contributed by atoms with Gasteiger partial charge in [-0.25, -0.2) is 8.78 Å². The van der Waals surface area contributed by atoms with E-state index in [9.17, 15) is 18.4 Å². The number of carbonyl (C=O) groups excluding carboxylic acids is 1. The van der Waals surface area contributed by atoms with Gasteiger partial charge >= 0.3 is 0 Å². The normalized spacial score (nSPS) is 10.7. The Hall–Kier alpha value is -3.22. The van der Waals surface area contributed by atoms with Crippen LogP contribution in [0.25, 0.3) is 10.9 Å². The van der Waals surface area contributed by atoms with Crippen LogP contribution in [0, 0.1) is 11.6 Å². The summed E-state index contributed by atoms with van der Waals surface area (Å²) in [5.41, 5.74) is 0.704. The van der Waals surface area contributed by atoms with Gasteiger partial charge in [0.2, 0.25) is 5.91 Å². The maximum Gasteiger partial charge on any atom is 0.251 e. The fourth-order valence-corrected chi connectivity index (χ4v) is 2.59. The molecule has 3 aromatic rings. The molecule has 0 bridgehead atoms. The van der Waals surface area contributed by atoms with Gasteiger partial charge in [0.15, 0.2) is 0 Å². The summed E-state index contributed by atoms with van der Waals surface area (Å²) in [6, 6.07) is 9.85. The van der Waals surface area contributed by atoms with Crippen molar-refractivity contribution in [3.05, 3.63) is 70.0 Å². The lowest BCUT2D eigenvalue weighted by atomic mass is 10.1. The molecule has 26 heavy (non-hydrogen) atoms. The molecule has 0 saturated heterocycles. The number of hydrogen-bond acceptors (Lipinski definition) is 3. The number of aromatic nitrogens is 1. The van der Waals surface area contributed by atoms with E-state index in [1.807, 2.05) is 0 Å². The van der Waals surface area contributed by atoms with Gasteiger partial charge in [-0.3, -0.25) is 9.59 Å². The first-order valence-corrected chi connectivity index (χ1v) is 7.91. The SMILES string of the molecule is COc1ccc2[nH]c(=O)c(CCC(=O)Nc3ccc(F)cc3F)cc2c1. The topological polar surface area (TPSA) is 71.2 Å². The highest BCUT2D eigenvalue weighted by atomic mass is 19.1. The first-order chi connectivity index (χ1) is 12.5. The number of aromatic amines is 1. The van der Waals surface area contributed by atoms with Gasteiger partial charge in [0, 0.05) is 29.0 Å². The molecular formula is C19H16F2N2O3. The largest absolute Gasteiger partial charge is 0.497 e. The number of ether oxygens (including phenoxy) is 1. The van der Waals surface area contributed by atoms with Crippen LogP contribution in [0.4, 0.5) is 14.5 Å². The van der Waals surface area contributed by atoms with Crippen LogP contribution in [0.3, 0.4) is 0 Å². The van der Waals surface area contributed by atoms with Gasteiger partial charge in [-0.2, -0.15) is 0 Å². The zero-order valence-corrected chi connectivity index (χ0v) is 13.9. The fourth-order valence-electron chi connectivity index (χ4n) is 2.59. The van der Waals surface area contributed by atoms with Crippen LogP contribution in [-0.4, -0.2) is 18.0 Å². The molecule has 1 aromatic heterocycles. The minimum atomic E-state index is -0.853. The van der Waals surface area contributed by atoms with E-state index in [-0.39, 0.29) is 24.1 Å². The van der Waals surface area contributed by atoms with Crippen molar-refractivity contribution in [2.45, 2.75) is 12.8 Å². The van der Waals surface area contributed by atoms with Gasteiger partial charge in [0.05, 0.1) is 12.8 Å². The Morgan fingerprint density at radius 1 is 1.15 bits per heavy atom. The van der Waals surface area contributed by atoms with Gasteiger partial charge in [-0.05, 0) is 42.8 Å². The number of hydrogen-bond donors (Lipinski definition) is 2. The zero-order valence-electron chi connectivity index (χ0n) is 13.9. The molecule has 0 saturated carbocycles. The van der Waals surface area contributed by atoms with Crippen molar-refractivity contribution in [1.29, 1.82) is 0 Å². The van der Waals surface area contributed by atoms with Gasteiger partial charge in [0.1, 0.15) is 17.4 Å². The summed E-state index contributed by atoms with van der Waals surface area (Å²) in [6.45, 7) is 0. The Morgan fingerprint density at radius 2 is 1.96 bits per heavy atom. The summed E-state index contributed by atoms with van der Waals surface area (Å²) in [7, 11) is 1.55. The molecule has 0 atom stereocenters. The highest BCUT2D eigenvalue weighted by Crippen LogP contribution is 2.19. The molecule has 2 N–H and O–H groups in total. The van der Waals surface area contributed by atoms with Crippen LogP contribution in [0.2, 0.25) is 0 Å². The third kappa shape index (κ3) is 3.88. The second kappa shape index (κ2) is 7.35. The van der Waals surface area contributed by atoms with Crippen LogP contribution in [-0.2, 0) is 11.2 Å². The smallest absolute Gasteiger partial charge is 0.251 e. The minimum Gasteiger partial charge on any atom is -0.497 e. The molecule has 0 spiro atoms. The number of rotatable bonds is 5. The van der Waals surface area contributed by atoms with E-state index in [4.69, 9.17) is 4.74 Å². The molecule has 1 heterocycles. The molecule has 0 fully saturated rings. The lowest BCUT2D eigenvalue weighted by Gasteiger charge is -2.07. The second-order valence-corrected chi connectivity index (χ2v) is 5.75. The predicted molar refractivity (Wildman–Crippen MR) is 94.4 cm³/mol. The Bertz CT molecular complexity index is 1030. The predicted octanol–water partition coefficient (Wildman–Crippen LogP) is 3.39. The van der Waals surface area contributed by atoms with Crippen molar-refractivity contribution in [3.63, 3.8) is 0 Å². The van der Waals surface area contributed by atoms with E-state index in [0.29, 0.717) is 22.9 Å². The first kappa shape index (κ1) is 17.6. The number of anilines is 1. The number of pyridine rings is 1. The maximum absolute atomic E-state index is 13.6. The number of carbonyl (C=O) groups is 1. The summed E-state index contributed by atoms with van der Waals surface area (Å²) < 4.78 is 31.6. The molecule has 5 nitrogen and oxygen atoms in total. The van der Waals surface area contributed by atoms with E-state index >= 15 is 0 Å². The quantitative estimate of drug-likeness (QED) is 0.734. The van der Waals surface area contributed by atoms with E-state index in [1.165, 1.54) is 0 Å². The maximum atomic E-state index is 13.6. The summed E-state index contributed by atoms with van der Waals surface area (Å²) in [5, 5.41) is 3.15. The number of fused-ring (bicyclic) bond motifs is 1. The molecule has 0 aliphatic rings. The molecule has 0 aliphatic carbocycles.